The second kappa shape index (κ2) is 8.11. The Balaban J connectivity index is 2.32. The van der Waals surface area contributed by atoms with Gasteiger partial charge in [-0.2, -0.15) is 10.4 Å². The Morgan fingerprint density at radius 1 is 1.31 bits per heavy atom. The summed E-state index contributed by atoms with van der Waals surface area (Å²) in [7, 11) is 1.66. The summed E-state index contributed by atoms with van der Waals surface area (Å²) in [4.78, 5) is 25.1. The van der Waals surface area contributed by atoms with Gasteiger partial charge in [-0.25, -0.2) is 4.68 Å². The van der Waals surface area contributed by atoms with E-state index in [0.29, 0.717) is 23.4 Å². The van der Waals surface area contributed by atoms with Crippen LogP contribution in [0.1, 0.15) is 45.0 Å². The number of carbonyl (C=O) groups is 1. The second-order valence-electron chi connectivity index (χ2n) is 6.37. The molecule has 0 unspecified atom stereocenters. The number of carbonyl (C=O) groups excluding carboxylic acids is 1. The van der Waals surface area contributed by atoms with Gasteiger partial charge in [0.1, 0.15) is 18.2 Å². The maximum atomic E-state index is 12.8. The molecule has 0 saturated carbocycles. The normalized spacial score (nSPS) is 10.8. The van der Waals surface area contributed by atoms with E-state index in [1.807, 2.05) is 26.0 Å². The highest BCUT2D eigenvalue weighted by molar-refractivity contribution is 5.97. The van der Waals surface area contributed by atoms with Gasteiger partial charge in [0, 0.05) is 37.2 Å². The van der Waals surface area contributed by atoms with Crippen molar-refractivity contribution in [1.82, 2.24) is 14.3 Å². The van der Waals surface area contributed by atoms with Crippen LogP contribution in [0.15, 0.2) is 10.9 Å². The number of aryl methyl sites for hydroxylation is 2. The number of hydrogen-bond acceptors (Lipinski definition) is 5. The van der Waals surface area contributed by atoms with Crippen molar-refractivity contribution in [1.29, 1.82) is 5.26 Å². The molecule has 0 spiro atoms. The summed E-state index contributed by atoms with van der Waals surface area (Å²) in [6.07, 6.45) is 0.851. The Labute approximate surface area is 152 Å². The van der Waals surface area contributed by atoms with Crippen LogP contribution in [0.2, 0.25) is 0 Å². The molecule has 0 aliphatic heterocycles. The standard InChI is InChI=1S/C19H24N4O3/c1-12-9-16(15(4)22(12)7-6-8-26-5)18(24)11-23-19(25)17(10-20)13(2)14(3)21-23/h9H,6-8,11H2,1-5H3. The smallest absolute Gasteiger partial charge is 0.285 e. The average Bonchev–Trinajstić information content (AvgIpc) is 2.88. The zero-order valence-corrected chi connectivity index (χ0v) is 15.9. The van der Waals surface area contributed by atoms with E-state index in [2.05, 4.69) is 9.67 Å². The number of ketones is 1. The lowest BCUT2D eigenvalue weighted by atomic mass is 10.1. The van der Waals surface area contributed by atoms with Gasteiger partial charge in [0.15, 0.2) is 5.78 Å². The Kier molecular flexibility index (Phi) is 6.11. The molecule has 0 amide bonds. The first-order valence-electron chi connectivity index (χ1n) is 8.49. The van der Waals surface area contributed by atoms with Crippen LogP contribution in [0.3, 0.4) is 0 Å². The molecule has 0 radical (unpaired) electrons. The van der Waals surface area contributed by atoms with Gasteiger partial charge in [-0.3, -0.25) is 9.59 Å². The largest absolute Gasteiger partial charge is 0.385 e. The van der Waals surface area contributed by atoms with E-state index in [0.717, 1.165) is 29.0 Å². The topological polar surface area (TPSA) is 89.9 Å². The molecule has 2 aromatic rings. The number of rotatable bonds is 7. The minimum Gasteiger partial charge on any atom is -0.385 e. The molecule has 7 nitrogen and oxygen atoms in total. The van der Waals surface area contributed by atoms with Crippen molar-refractivity contribution in [2.24, 2.45) is 0 Å². The zero-order valence-electron chi connectivity index (χ0n) is 15.9. The molecule has 0 aromatic carbocycles. The third kappa shape index (κ3) is 3.75. The SMILES string of the molecule is COCCCn1c(C)cc(C(=O)Cn2nc(C)c(C)c(C#N)c2=O)c1C. The molecule has 2 heterocycles. The number of nitrogens with zero attached hydrogens (tertiary/aromatic N) is 4. The highest BCUT2D eigenvalue weighted by Crippen LogP contribution is 2.17. The minimum absolute atomic E-state index is 0.0374. The van der Waals surface area contributed by atoms with Gasteiger partial charge in [-0.1, -0.05) is 0 Å². The van der Waals surface area contributed by atoms with Crippen molar-refractivity contribution >= 4 is 5.78 Å². The first-order chi connectivity index (χ1) is 12.3. The Hall–Kier alpha value is -2.72. The number of nitriles is 1. The van der Waals surface area contributed by atoms with Crippen LogP contribution in [0, 0.1) is 39.0 Å². The molecule has 0 atom stereocenters. The molecule has 0 N–H and O–H groups in total. The molecule has 0 aliphatic carbocycles. The fourth-order valence-electron chi connectivity index (χ4n) is 3.03. The van der Waals surface area contributed by atoms with E-state index in [4.69, 9.17) is 4.74 Å². The average molecular weight is 356 g/mol. The highest BCUT2D eigenvalue weighted by atomic mass is 16.5. The van der Waals surface area contributed by atoms with Crippen molar-refractivity contribution in [2.45, 2.75) is 47.2 Å². The number of ether oxygens (including phenoxy) is 1. The fraction of sp³-hybridized carbons (Fsp3) is 0.474. The lowest BCUT2D eigenvalue weighted by molar-refractivity contribution is 0.0964. The van der Waals surface area contributed by atoms with Crippen LogP contribution in [0.25, 0.3) is 0 Å². The van der Waals surface area contributed by atoms with Crippen molar-refractivity contribution in [2.75, 3.05) is 13.7 Å². The monoisotopic (exact) mass is 356 g/mol. The van der Waals surface area contributed by atoms with Crippen molar-refractivity contribution < 1.29 is 9.53 Å². The summed E-state index contributed by atoms with van der Waals surface area (Å²) in [6, 6.07) is 3.75. The first-order valence-corrected chi connectivity index (χ1v) is 8.49. The molecule has 7 heteroatoms. The van der Waals surface area contributed by atoms with Crippen LogP contribution in [-0.4, -0.2) is 33.8 Å². The van der Waals surface area contributed by atoms with Gasteiger partial charge in [0.2, 0.25) is 0 Å². The predicted molar refractivity (Wildman–Crippen MR) is 97.4 cm³/mol. The molecule has 2 rings (SSSR count). The predicted octanol–water partition coefficient (Wildman–Crippen LogP) is 2.07. The summed E-state index contributed by atoms with van der Waals surface area (Å²) >= 11 is 0. The van der Waals surface area contributed by atoms with E-state index in [1.165, 1.54) is 0 Å². The van der Waals surface area contributed by atoms with Gasteiger partial charge < -0.3 is 9.30 Å². The third-order valence-electron chi connectivity index (χ3n) is 4.65. The summed E-state index contributed by atoms with van der Waals surface area (Å²) in [6.45, 7) is 8.48. The molecular formula is C19H24N4O3. The van der Waals surface area contributed by atoms with Crippen molar-refractivity contribution in [3.63, 3.8) is 0 Å². The molecule has 2 aromatic heterocycles. The van der Waals surface area contributed by atoms with Gasteiger partial charge in [-0.15, -0.1) is 0 Å². The first kappa shape index (κ1) is 19.6. The van der Waals surface area contributed by atoms with Crippen LogP contribution >= 0.6 is 0 Å². The van der Waals surface area contributed by atoms with E-state index in [1.54, 1.807) is 21.0 Å². The Morgan fingerprint density at radius 2 is 2.00 bits per heavy atom. The molecule has 0 aliphatic rings. The number of hydrogen-bond donors (Lipinski definition) is 0. The Bertz CT molecular complexity index is 932. The van der Waals surface area contributed by atoms with E-state index in [9.17, 15) is 14.9 Å². The maximum absolute atomic E-state index is 12.8. The zero-order chi connectivity index (χ0) is 19.4. The van der Waals surface area contributed by atoms with Crippen LogP contribution in [-0.2, 0) is 17.8 Å². The van der Waals surface area contributed by atoms with Crippen LogP contribution in [0.5, 0.6) is 0 Å². The highest BCUT2D eigenvalue weighted by Gasteiger charge is 2.19. The lowest BCUT2D eigenvalue weighted by Gasteiger charge is -2.10. The van der Waals surface area contributed by atoms with Crippen molar-refractivity contribution in [3.05, 3.63) is 50.2 Å². The van der Waals surface area contributed by atoms with Crippen LogP contribution < -0.4 is 5.56 Å². The lowest BCUT2D eigenvalue weighted by Crippen LogP contribution is -2.30. The quantitative estimate of drug-likeness (QED) is 0.559. The number of aromatic nitrogens is 3. The third-order valence-corrected chi connectivity index (χ3v) is 4.65. The molecular weight excluding hydrogens is 332 g/mol. The molecule has 0 fully saturated rings. The molecule has 138 valence electrons. The van der Waals surface area contributed by atoms with E-state index in [-0.39, 0.29) is 17.9 Å². The van der Waals surface area contributed by atoms with Gasteiger partial charge in [0.25, 0.3) is 5.56 Å². The summed E-state index contributed by atoms with van der Waals surface area (Å²) in [5.74, 6) is -0.196. The Morgan fingerprint density at radius 3 is 2.62 bits per heavy atom. The van der Waals surface area contributed by atoms with Gasteiger partial charge in [0.05, 0.1) is 5.69 Å². The molecule has 0 saturated heterocycles. The second-order valence-corrected chi connectivity index (χ2v) is 6.37. The van der Waals surface area contributed by atoms with Crippen molar-refractivity contribution in [3.8, 4) is 6.07 Å². The van der Waals surface area contributed by atoms with E-state index >= 15 is 0 Å². The minimum atomic E-state index is -0.530. The van der Waals surface area contributed by atoms with Gasteiger partial charge >= 0.3 is 0 Å². The van der Waals surface area contributed by atoms with Gasteiger partial charge in [-0.05, 0) is 45.7 Å². The van der Waals surface area contributed by atoms with E-state index < -0.39 is 5.56 Å². The summed E-state index contributed by atoms with van der Waals surface area (Å²) < 4.78 is 8.24. The maximum Gasteiger partial charge on any atom is 0.285 e. The molecule has 0 bridgehead atoms. The number of methoxy groups -OCH3 is 1. The number of Topliss-reactive ketones (excluding diaryl/α,β-unsaturated/α-hetero) is 1. The summed E-state index contributed by atoms with van der Waals surface area (Å²) in [5, 5.41) is 13.4. The molecule has 26 heavy (non-hydrogen) atoms. The van der Waals surface area contributed by atoms with Crippen LogP contribution in [0.4, 0.5) is 0 Å². The fourth-order valence-corrected chi connectivity index (χ4v) is 3.03. The summed E-state index contributed by atoms with van der Waals surface area (Å²) in [5.41, 5.74) is 3.05.